The van der Waals surface area contributed by atoms with Gasteiger partial charge in [0.1, 0.15) is 18.5 Å². The van der Waals surface area contributed by atoms with Crippen molar-refractivity contribution in [2.75, 3.05) is 5.32 Å². The highest BCUT2D eigenvalue weighted by molar-refractivity contribution is 5.97. The average Bonchev–Trinajstić information content (AvgIpc) is 3.30. The van der Waals surface area contributed by atoms with Crippen molar-refractivity contribution in [2.24, 2.45) is 0 Å². The van der Waals surface area contributed by atoms with Crippen molar-refractivity contribution in [3.8, 4) is 0 Å². The van der Waals surface area contributed by atoms with Crippen LogP contribution >= 0.6 is 0 Å². The molecule has 0 aliphatic carbocycles. The molecule has 1 saturated heterocycles. The molecule has 0 saturated carbocycles. The predicted octanol–water partition coefficient (Wildman–Crippen LogP) is 2.75. The average molecular weight is 391 g/mol. The fraction of sp³-hybridized carbons (Fsp3) is 0.286. The van der Waals surface area contributed by atoms with Gasteiger partial charge in [-0.3, -0.25) is 4.57 Å². The van der Waals surface area contributed by atoms with Gasteiger partial charge in [-0.1, -0.05) is 43.3 Å². The number of fused-ring (bicyclic) bond motifs is 2. The van der Waals surface area contributed by atoms with Gasteiger partial charge in [-0.25, -0.2) is 15.0 Å². The van der Waals surface area contributed by atoms with E-state index in [0.29, 0.717) is 23.4 Å². The molecule has 2 aromatic carbocycles. The predicted molar refractivity (Wildman–Crippen MR) is 109 cm³/mol. The molecule has 4 atom stereocenters. The minimum absolute atomic E-state index is 0.428. The number of nitrogens with zero attached hydrogens (tertiary/aromatic N) is 4. The first-order valence-electron chi connectivity index (χ1n) is 9.61. The van der Waals surface area contributed by atoms with E-state index in [0.717, 1.165) is 16.5 Å². The fourth-order valence-electron chi connectivity index (χ4n) is 3.89. The Kier molecular flexibility index (Phi) is 4.39. The summed E-state index contributed by atoms with van der Waals surface area (Å²) in [6.45, 7) is 1.91. The third-order valence-corrected chi connectivity index (χ3v) is 5.42. The van der Waals surface area contributed by atoms with Crippen molar-refractivity contribution in [2.45, 2.75) is 37.9 Å². The van der Waals surface area contributed by atoms with E-state index in [1.54, 1.807) is 10.9 Å². The molecule has 1 fully saturated rings. The molecule has 0 spiro atoms. The summed E-state index contributed by atoms with van der Waals surface area (Å²) in [7, 11) is 0. The summed E-state index contributed by atoms with van der Waals surface area (Å²) in [4.78, 5) is 13.2. The van der Waals surface area contributed by atoms with E-state index < -0.39 is 24.5 Å². The summed E-state index contributed by atoms with van der Waals surface area (Å²) in [5.74, 6) is 0.560. The lowest BCUT2D eigenvalue weighted by molar-refractivity contribution is -0.0355. The number of nitrogens with one attached hydrogen (secondary N) is 1. The number of aliphatic hydroxyl groups excluding tert-OH is 2. The van der Waals surface area contributed by atoms with Crippen LogP contribution < -0.4 is 5.32 Å². The van der Waals surface area contributed by atoms with Crippen molar-refractivity contribution in [3.05, 3.63) is 55.1 Å². The molecule has 8 heteroatoms. The van der Waals surface area contributed by atoms with Crippen LogP contribution in [0.2, 0.25) is 0 Å². The third-order valence-electron chi connectivity index (χ3n) is 5.42. The Morgan fingerprint density at radius 3 is 2.69 bits per heavy atom. The lowest BCUT2D eigenvalue weighted by atomic mass is 10.1. The van der Waals surface area contributed by atoms with E-state index in [-0.39, 0.29) is 0 Å². The Hall–Kier alpha value is -3.07. The highest BCUT2D eigenvalue weighted by Gasteiger charge is 2.43. The van der Waals surface area contributed by atoms with Gasteiger partial charge in [0.05, 0.1) is 12.4 Å². The van der Waals surface area contributed by atoms with Crippen molar-refractivity contribution < 1.29 is 14.9 Å². The van der Waals surface area contributed by atoms with Crippen LogP contribution in [0.15, 0.2) is 55.1 Å². The van der Waals surface area contributed by atoms with Crippen LogP contribution in [0.3, 0.4) is 0 Å². The molecule has 1 unspecified atom stereocenters. The number of hydrogen-bond acceptors (Lipinski definition) is 7. The minimum atomic E-state index is -1.05. The number of hydrogen-bond donors (Lipinski definition) is 3. The van der Waals surface area contributed by atoms with Crippen molar-refractivity contribution in [1.82, 2.24) is 19.5 Å². The number of anilines is 2. The molecular weight excluding hydrogens is 370 g/mol. The summed E-state index contributed by atoms with van der Waals surface area (Å²) in [5, 5.41) is 26.2. The molecule has 1 aliphatic heterocycles. The van der Waals surface area contributed by atoms with Gasteiger partial charge in [-0.2, -0.15) is 0 Å². The first-order chi connectivity index (χ1) is 14.2. The van der Waals surface area contributed by atoms with Gasteiger partial charge in [-0.15, -0.1) is 0 Å². The van der Waals surface area contributed by atoms with Crippen LogP contribution in [0.4, 0.5) is 11.5 Å². The lowest BCUT2D eigenvalue weighted by Crippen LogP contribution is -2.31. The van der Waals surface area contributed by atoms with E-state index in [4.69, 9.17) is 4.74 Å². The Bertz CT molecular complexity index is 1170. The first kappa shape index (κ1) is 18.0. The maximum atomic E-state index is 10.4. The van der Waals surface area contributed by atoms with Gasteiger partial charge in [0, 0.05) is 11.1 Å². The second kappa shape index (κ2) is 7.07. The molecule has 8 nitrogen and oxygen atoms in total. The summed E-state index contributed by atoms with van der Waals surface area (Å²) in [6.07, 6.45) is 0.432. The van der Waals surface area contributed by atoms with Crippen LogP contribution in [0.5, 0.6) is 0 Å². The molecule has 3 heterocycles. The zero-order valence-corrected chi connectivity index (χ0v) is 15.8. The van der Waals surface area contributed by atoms with E-state index in [9.17, 15) is 10.2 Å². The van der Waals surface area contributed by atoms with Crippen LogP contribution in [0.1, 0.15) is 19.6 Å². The van der Waals surface area contributed by atoms with E-state index in [1.165, 1.54) is 6.33 Å². The van der Waals surface area contributed by atoms with Crippen LogP contribution in [0, 0.1) is 0 Å². The molecule has 148 valence electrons. The first-order valence-corrected chi connectivity index (χ1v) is 9.61. The van der Waals surface area contributed by atoms with E-state index in [2.05, 4.69) is 32.4 Å². The second-order valence-electron chi connectivity index (χ2n) is 7.15. The Labute approximate surface area is 166 Å². The van der Waals surface area contributed by atoms with Crippen LogP contribution in [0.25, 0.3) is 21.9 Å². The maximum absolute atomic E-state index is 10.4. The fourth-order valence-corrected chi connectivity index (χ4v) is 3.89. The number of aliphatic hydroxyl groups is 2. The van der Waals surface area contributed by atoms with Gasteiger partial charge in [0.15, 0.2) is 23.2 Å². The Morgan fingerprint density at radius 2 is 1.86 bits per heavy atom. The normalized spacial score (nSPS) is 24.4. The summed E-state index contributed by atoms with van der Waals surface area (Å²) in [5.41, 5.74) is 2.00. The van der Waals surface area contributed by atoms with Gasteiger partial charge in [-0.05, 0) is 17.9 Å². The minimum Gasteiger partial charge on any atom is -0.388 e. The molecule has 1 aliphatic rings. The van der Waals surface area contributed by atoms with E-state index in [1.807, 2.05) is 37.3 Å². The topological polar surface area (TPSA) is 105 Å². The van der Waals surface area contributed by atoms with E-state index >= 15 is 0 Å². The van der Waals surface area contributed by atoms with Gasteiger partial charge < -0.3 is 20.3 Å². The molecular formula is C21H21N5O3. The quantitative estimate of drug-likeness (QED) is 0.491. The molecule has 5 rings (SSSR count). The number of aromatic nitrogens is 4. The summed E-state index contributed by atoms with van der Waals surface area (Å²) in [6, 6.07) is 14.1. The molecule has 0 radical (unpaired) electrons. The number of rotatable bonds is 4. The zero-order chi connectivity index (χ0) is 20.0. The van der Waals surface area contributed by atoms with Crippen LogP contribution in [-0.4, -0.2) is 48.0 Å². The lowest BCUT2D eigenvalue weighted by Gasteiger charge is -2.16. The third kappa shape index (κ3) is 2.93. The van der Waals surface area contributed by atoms with Crippen molar-refractivity contribution in [3.63, 3.8) is 0 Å². The number of ether oxygens (including phenoxy) is 1. The number of benzene rings is 2. The number of imidazole rings is 1. The van der Waals surface area contributed by atoms with Gasteiger partial charge in [0.25, 0.3) is 0 Å². The maximum Gasteiger partial charge on any atom is 0.167 e. The summed E-state index contributed by atoms with van der Waals surface area (Å²) < 4.78 is 7.49. The standard InChI is InChI=1S/C21H21N5O3/c1-2-15-17(27)18(28)21(29-15)26-11-24-16-19(22-10-23-20(16)26)25-14-9-5-7-12-6-3-4-8-13(12)14/h3-11,15,17-18,21,27-28H,2H2,1H3,(H,22,23,25)/t15-,17-,18-,21?/m1/s1. The zero-order valence-electron chi connectivity index (χ0n) is 15.8. The van der Waals surface area contributed by atoms with Crippen molar-refractivity contribution in [1.29, 1.82) is 0 Å². The molecule has 4 aromatic rings. The SMILES string of the molecule is CC[C@H]1OC(n2cnc3c(Nc4cccc5ccccc45)ncnc32)[C@H](O)[C@@H]1O. The van der Waals surface area contributed by atoms with Gasteiger partial charge in [0.2, 0.25) is 0 Å². The monoisotopic (exact) mass is 391 g/mol. The second-order valence-corrected chi connectivity index (χ2v) is 7.15. The molecule has 29 heavy (non-hydrogen) atoms. The molecule has 0 amide bonds. The molecule has 0 bridgehead atoms. The van der Waals surface area contributed by atoms with Gasteiger partial charge >= 0.3 is 0 Å². The molecule has 2 aromatic heterocycles. The Morgan fingerprint density at radius 1 is 1.03 bits per heavy atom. The molecule has 3 N–H and O–H groups in total. The largest absolute Gasteiger partial charge is 0.388 e. The summed E-state index contributed by atoms with van der Waals surface area (Å²) >= 11 is 0. The highest BCUT2D eigenvalue weighted by atomic mass is 16.6. The highest BCUT2D eigenvalue weighted by Crippen LogP contribution is 2.34. The Balaban J connectivity index is 1.54. The smallest absolute Gasteiger partial charge is 0.167 e. The van der Waals surface area contributed by atoms with Crippen molar-refractivity contribution >= 4 is 33.4 Å². The van der Waals surface area contributed by atoms with Crippen LogP contribution in [-0.2, 0) is 4.74 Å².